The molecule has 0 spiro atoms. The molecule has 1 aliphatic carbocycles. The average molecular weight is 254 g/mol. The molecule has 0 aromatic heterocycles. The average Bonchev–Trinajstić information content (AvgIpc) is 3.13. The van der Waals surface area contributed by atoms with Gasteiger partial charge in [0.2, 0.25) is 5.91 Å². The van der Waals surface area contributed by atoms with Gasteiger partial charge in [0.15, 0.2) is 5.84 Å². The summed E-state index contributed by atoms with van der Waals surface area (Å²) >= 11 is 0. The Bertz CT molecular complexity index is 365. The molecule has 0 aromatic rings. The van der Waals surface area contributed by atoms with Crippen LogP contribution in [0, 0.1) is 11.3 Å². The number of amidine groups is 1. The predicted molar refractivity (Wildman–Crippen MR) is 68.3 cm³/mol. The minimum absolute atomic E-state index is 0.0422. The van der Waals surface area contributed by atoms with E-state index in [1.54, 1.807) is 0 Å². The number of carbonyl (C=O) groups is 1. The maximum atomic E-state index is 12.2. The Morgan fingerprint density at radius 3 is 2.72 bits per heavy atom. The molecule has 1 aliphatic heterocycles. The number of piperidine rings is 1. The summed E-state index contributed by atoms with van der Waals surface area (Å²) in [5.74, 6) is 0.385. The van der Waals surface area contributed by atoms with Crippen LogP contribution in [0.2, 0.25) is 0 Å². The number of nitrogens with one attached hydrogen (secondary N) is 1. The van der Waals surface area contributed by atoms with Crippen molar-refractivity contribution in [2.24, 2.45) is 22.2 Å². The summed E-state index contributed by atoms with van der Waals surface area (Å²) in [6, 6.07) is 0.192. The largest absolute Gasteiger partial charge is 0.409 e. The van der Waals surface area contributed by atoms with Gasteiger partial charge in [-0.05, 0) is 38.8 Å². The molecule has 0 bridgehead atoms. The van der Waals surface area contributed by atoms with Crippen molar-refractivity contribution >= 4 is 11.7 Å². The maximum Gasteiger partial charge on any atom is 0.234 e. The second-order valence-electron chi connectivity index (χ2n) is 5.68. The van der Waals surface area contributed by atoms with E-state index >= 15 is 0 Å². The van der Waals surface area contributed by atoms with Crippen LogP contribution < -0.4 is 11.1 Å². The highest BCUT2D eigenvalue weighted by Crippen LogP contribution is 2.46. The van der Waals surface area contributed by atoms with E-state index < -0.39 is 5.41 Å². The fraction of sp³-hybridized carbons (Fsp3) is 0.833. The number of hydrogen-bond acceptors (Lipinski definition) is 4. The van der Waals surface area contributed by atoms with Crippen LogP contribution in [0.4, 0.5) is 0 Å². The molecule has 0 aromatic carbocycles. The van der Waals surface area contributed by atoms with Gasteiger partial charge < -0.3 is 21.2 Å². The number of oxime groups is 1. The van der Waals surface area contributed by atoms with Crippen LogP contribution in [0.5, 0.6) is 0 Å². The molecule has 2 rings (SSSR count). The Morgan fingerprint density at radius 1 is 1.56 bits per heavy atom. The normalized spacial score (nSPS) is 32.0. The second kappa shape index (κ2) is 4.76. The van der Waals surface area contributed by atoms with Crippen molar-refractivity contribution in [3.63, 3.8) is 0 Å². The summed E-state index contributed by atoms with van der Waals surface area (Å²) in [5, 5.41) is 14.8. The third-order valence-corrected chi connectivity index (χ3v) is 4.21. The summed E-state index contributed by atoms with van der Waals surface area (Å²) < 4.78 is 0. The Morgan fingerprint density at radius 2 is 2.22 bits per heavy atom. The summed E-state index contributed by atoms with van der Waals surface area (Å²) in [6.07, 6.45) is 2.31. The van der Waals surface area contributed by atoms with Gasteiger partial charge in [-0.25, -0.2) is 0 Å². The van der Waals surface area contributed by atoms with E-state index in [0.29, 0.717) is 18.8 Å². The molecule has 0 radical (unpaired) electrons. The highest BCUT2D eigenvalue weighted by atomic mass is 16.4. The van der Waals surface area contributed by atoms with Gasteiger partial charge in [0.1, 0.15) is 5.41 Å². The lowest BCUT2D eigenvalue weighted by Crippen LogP contribution is -2.52. The number of rotatable bonds is 3. The molecule has 1 saturated carbocycles. The zero-order chi connectivity index (χ0) is 13.3. The highest BCUT2D eigenvalue weighted by Gasteiger charge is 2.54. The Balaban J connectivity index is 1.96. The maximum absolute atomic E-state index is 12.2. The van der Waals surface area contributed by atoms with Crippen molar-refractivity contribution in [3.05, 3.63) is 0 Å². The van der Waals surface area contributed by atoms with Crippen molar-refractivity contribution in [3.8, 4) is 0 Å². The van der Waals surface area contributed by atoms with Gasteiger partial charge >= 0.3 is 0 Å². The lowest BCUT2D eigenvalue weighted by atomic mass is 9.93. The van der Waals surface area contributed by atoms with Gasteiger partial charge in [0, 0.05) is 12.6 Å². The SMILES string of the molecule is CC1CN(C)CCC1NC(=O)C1(C(N)=NO)CC1. The molecule has 2 aliphatic rings. The van der Waals surface area contributed by atoms with E-state index in [0.717, 1.165) is 19.5 Å². The fourth-order valence-corrected chi connectivity index (χ4v) is 2.70. The monoisotopic (exact) mass is 254 g/mol. The van der Waals surface area contributed by atoms with E-state index in [2.05, 4.69) is 29.3 Å². The molecule has 6 nitrogen and oxygen atoms in total. The van der Waals surface area contributed by atoms with E-state index in [1.165, 1.54) is 0 Å². The van der Waals surface area contributed by atoms with Crippen LogP contribution in [-0.2, 0) is 4.79 Å². The third-order valence-electron chi connectivity index (χ3n) is 4.21. The van der Waals surface area contributed by atoms with Gasteiger partial charge in [-0.1, -0.05) is 12.1 Å². The first kappa shape index (κ1) is 13.1. The summed E-state index contributed by atoms with van der Waals surface area (Å²) in [4.78, 5) is 14.5. The van der Waals surface area contributed by atoms with Crippen LogP contribution in [0.25, 0.3) is 0 Å². The number of nitrogens with two attached hydrogens (primary N) is 1. The van der Waals surface area contributed by atoms with Gasteiger partial charge in [-0.2, -0.15) is 0 Å². The van der Waals surface area contributed by atoms with Crippen LogP contribution in [-0.4, -0.2) is 48.0 Å². The Labute approximate surface area is 107 Å². The lowest BCUT2D eigenvalue weighted by molar-refractivity contribution is -0.125. The van der Waals surface area contributed by atoms with E-state index in [4.69, 9.17) is 10.9 Å². The molecule has 1 saturated heterocycles. The van der Waals surface area contributed by atoms with E-state index in [9.17, 15) is 4.79 Å². The molecule has 2 unspecified atom stereocenters. The predicted octanol–water partition coefficient (Wildman–Crippen LogP) is -0.0306. The second-order valence-corrected chi connectivity index (χ2v) is 5.68. The zero-order valence-corrected chi connectivity index (χ0v) is 11.0. The van der Waals surface area contributed by atoms with Gasteiger partial charge in [0.05, 0.1) is 0 Å². The molecule has 1 amide bonds. The Hall–Kier alpha value is -1.30. The Kier molecular flexibility index (Phi) is 3.47. The standard InChI is InChI=1S/C12H22N4O2/c1-8-7-16(2)6-3-9(8)14-11(17)12(4-5-12)10(13)15-18/h8-9,18H,3-7H2,1-2H3,(H2,13,15)(H,14,17). The van der Waals surface area contributed by atoms with Gasteiger partial charge in [-0.3, -0.25) is 4.79 Å². The smallest absolute Gasteiger partial charge is 0.234 e. The fourth-order valence-electron chi connectivity index (χ4n) is 2.70. The minimum Gasteiger partial charge on any atom is -0.409 e. The third kappa shape index (κ3) is 2.29. The molecule has 2 atom stereocenters. The van der Waals surface area contributed by atoms with Crippen molar-refractivity contribution in [1.82, 2.24) is 10.2 Å². The molecule has 1 heterocycles. The number of nitrogens with zero attached hydrogens (tertiary/aromatic N) is 2. The van der Waals surface area contributed by atoms with Crippen molar-refractivity contribution < 1.29 is 10.0 Å². The molecule has 18 heavy (non-hydrogen) atoms. The van der Waals surface area contributed by atoms with Gasteiger partial charge in [-0.15, -0.1) is 0 Å². The van der Waals surface area contributed by atoms with Crippen LogP contribution in [0.1, 0.15) is 26.2 Å². The number of hydrogen-bond donors (Lipinski definition) is 3. The number of carbonyl (C=O) groups excluding carboxylic acids is 1. The van der Waals surface area contributed by atoms with Crippen LogP contribution in [0.3, 0.4) is 0 Å². The molecule has 6 heteroatoms. The molecular formula is C12H22N4O2. The molecule has 2 fully saturated rings. The van der Waals surface area contributed by atoms with Crippen molar-refractivity contribution in [2.45, 2.75) is 32.2 Å². The number of amides is 1. The first-order valence-electron chi connectivity index (χ1n) is 6.47. The topological polar surface area (TPSA) is 91.0 Å². The molecular weight excluding hydrogens is 232 g/mol. The molecule has 4 N–H and O–H groups in total. The zero-order valence-electron chi connectivity index (χ0n) is 11.0. The number of likely N-dealkylation sites (tertiary alicyclic amines) is 1. The van der Waals surface area contributed by atoms with Crippen LogP contribution in [0.15, 0.2) is 5.16 Å². The van der Waals surface area contributed by atoms with E-state index in [1.807, 2.05) is 0 Å². The van der Waals surface area contributed by atoms with Gasteiger partial charge in [0.25, 0.3) is 0 Å². The lowest BCUT2D eigenvalue weighted by Gasteiger charge is -2.35. The van der Waals surface area contributed by atoms with Crippen molar-refractivity contribution in [2.75, 3.05) is 20.1 Å². The first-order valence-corrected chi connectivity index (χ1v) is 6.47. The minimum atomic E-state index is -0.738. The highest BCUT2D eigenvalue weighted by molar-refractivity contribution is 6.09. The summed E-state index contributed by atoms with van der Waals surface area (Å²) in [5.41, 5.74) is 4.87. The quantitative estimate of drug-likeness (QED) is 0.285. The molecule has 102 valence electrons. The first-order chi connectivity index (χ1) is 8.49. The summed E-state index contributed by atoms with van der Waals surface area (Å²) in [7, 11) is 2.09. The summed E-state index contributed by atoms with van der Waals surface area (Å²) in [6.45, 7) is 4.12. The van der Waals surface area contributed by atoms with Crippen molar-refractivity contribution in [1.29, 1.82) is 0 Å². The van der Waals surface area contributed by atoms with E-state index in [-0.39, 0.29) is 17.8 Å². The van der Waals surface area contributed by atoms with Crippen LogP contribution >= 0.6 is 0 Å².